The zero-order valence-corrected chi connectivity index (χ0v) is 20.2. The fraction of sp³-hybridized carbons (Fsp3) is 0.231. The third-order valence-electron chi connectivity index (χ3n) is 5.84. The molecule has 0 aliphatic rings. The molecule has 188 valence electrons. The summed E-state index contributed by atoms with van der Waals surface area (Å²) in [7, 11) is 0. The van der Waals surface area contributed by atoms with Gasteiger partial charge in [-0.15, -0.1) is 0 Å². The van der Waals surface area contributed by atoms with Crippen molar-refractivity contribution in [1.29, 1.82) is 0 Å². The Morgan fingerprint density at radius 3 is 2.39 bits per heavy atom. The maximum atomic E-state index is 12.2. The highest BCUT2D eigenvalue weighted by Gasteiger charge is 2.30. The molecule has 4 rings (SSSR count). The molecule has 0 saturated heterocycles. The number of rotatable bonds is 11. The Bertz CT molecular complexity index is 1370. The minimum Gasteiger partial charge on any atom is -0.480 e. The van der Waals surface area contributed by atoms with Crippen LogP contribution >= 0.6 is 0 Å². The SMILES string of the molecule is O=C(NCCCCC(C(=O)O)N(c1ccc2oc3ccccc3c2c1)S(=O)O)NCc1ccccc1. The number of benzene rings is 3. The van der Waals surface area contributed by atoms with E-state index in [4.69, 9.17) is 4.42 Å². The number of nitrogens with zero attached hydrogens (tertiary/aromatic N) is 1. The number of fused-ring (bicyclic) bond motifs is 3. The van der Waals surface area contributed by atoms with E-state index in [1.807, 2.05) is 54.6 Å². The molecule has 1 aromatic heterocycles. The summed E-state index contributed by atoms with van der Waals surface area (Å²) in [6.07, 6.45) is 1.07. The Kier molecular flexibility index (Phi) is 8.19. The number of anilines is 1. The van der Waals surface area contributed by atoms with Crippen LogP contribution in [-0.2, 0) is 22.6 Å². The highest BCUT2D eigenvalue weighted by Crippen LogP contribution is 2.33. The van der Waals surface area contributed by atoms with Gasteiger partial charge in [0.15, 0.2) is 0 Å². The van der Waals surface area contributed by atoms with Gasteiger partial charge in [-0.25, -0.2) is 13.8 Å². The number of aliphatic carboxylic acids is 1. The van der Waals surface area contributed by atoms with Gasteiger partial charge in [-0.3, -0.25) is 8.86 Å². The zero-order chi connectivity index (χ0) is 25.5. The van der Waals surface area contributed by atoms with E-state index < -0.39 is 23.3 Å². The molecule has 0 fully saturated rings. The van der Waals surface area contributed by atoms with Crippen LogP contribution in [0, 0.1) is 0 Å². The standard InChI is InChI=1S/C26H27N3O6S/c30-25(31)22(11-6-7-15-27-26(32)28-17-18-8-2-1-3-9-18)29(36(33)34)19-13-14-24-21(16-19)20-10-4-5-12-23(20)35-24/h1-5,8-10,12-14,16,22H,6-7,11,15,17H2,(H,30,31)(H,33,34)(H2,27,28,32). The van der Waals surface area contributed by atoms with Crippen molar-refractivity contribution in [2.75, 3.05) is 10.8 Å². The monoisotopic (exact) mass is 509 g/mol. The molecule has 3 aromatic carbocycles. The predicted molar refractivity (Wildman–Crippen MR) is 139 cm³/mol. The molecule has 0 radical (unpaired) electrons. The highest BCUT2D eigenvalue weighted by atomic mass is 32.2. The summed E-state index contributed by atoms with van der Waals surface area (Å²) >= 11 is -2.56. The molecule has 10 heteroatoms. The van der Waals surface area contributed by atoms with Crippen molar-refractivity contribution in [1.82, 2.24) is 10.6 Å². The number of unbranched alkanes of at least 4 members (excludes halogenated alkanes) is 1. The number of furan rings is 1. The average Bonchev–Trinajstić information content (AvgIpc) is 3.25. The van der Waals surface area contributed by atoms with Crippen molar-refractivity contribution < 1.29 is 27.9 Å². The maximum Gasteiger partial charge on any atom is 0.327 e. The number of carbonyl (C=O) groups is 2. The summed E-state index contributed by atoms with van der Waals surface area (Å²) in [5.74, 6) is -1.21. The number of carbonyl (C=O) groups excluding carboxylic acids is 1. The lowest BCUT2D eigenvalue weighted by atomic mass is 10.1. The van der Waals surface area contributed by atoms with Gasteiger partial charge in [0.25, 0.3) is 11.3 Å². The minimum absolute atomic E-state index is 0.124. The van der Waals surface area contributed by atoms with E-state index in [0.717, 1.165) is 20.6 Å². The summed E-state index contributed by atoms with van der Waals surface area (Å²) in [4.78, 5) is 24.0. The number of amides is 2. The summed E-state index contributed by atoms with van der Waals surface area (Å²) < 4.78 is 29.0. The van der Waals surface area contributed by atoms with Crippen LogP contribution in [0.2, 0.25) is 0 Å². The molecule has 0 aliphatic carbocycles. The minimum atomic E-state index is -2.56. The van der Waals surface area contributed by atoms with Gasteiger partial charge in [0, 0.05) is 23.9 Å². The largest absolute Gasteiger partial charge is 0.480 e. The second-order valence-corrected chi connectivity index (χ2v) is 9.13. The van der Waals surface area contributed by atoms with Crippen LogP contribution in [0.1, 0.15) is 24.8 Å². The number of carboxylic acids is 1. The highest BCUT2D eigenvalue weighted by molar-refractivity contribution is 7.80. The molecule has 2 unspecified atom stereocenters. The van der Waals surface area contributed by atoms with Crippen LogP contribution in [0.5, 0.6) is 0 Å². The molecule has 0 saturated carbocycles. The molecule has 0 aliphatic heterocycles. The third kappa shape index (κ3) is 6.02. The van der Waals surface area contributed by atoms with Crippen LogP contribution in [0.15, 0.2) is 77.2 Å². The maximum absolute atomic E-state index is 12.2. The van der Waals surface area contributed by atoms with Crippen LogP contribution in [0.3, 0.4) is 0 Å². The number of para-hydroxylation sites is 1. The average molecular weight is 510 g/mol. The number of nitrogens with one attached hydrogen (secondary N) is 2. The molecule has 0 bridgehead atoms. The fourth-order valence-corrected chi connectivity index (χ4v) is 4.78. The van der Waals surface area contributed by atoms with Crippen molar-refractivity contribution in [3.63, 3.8) is 0 Å². The van der Waals surface area contributed by atoms with Gasteiger partial charge in [0.1, 0.15) is 17.2 Å². The Labute approximate surface area is 210 Å². The Morgan fingerprint density at radius 2 is 1.64 bits per heavy atom. The topological polar surface area (TPSA) is 132 Å². The van der Waals surface area contributed by atoms with E-state index in [-0.39, 0.29) is 12.5 Å². The number of hydrogen-bond acceptors (Lipinski definition) is 4. The summed E-state index contributed by atoms with van der Waals surface area (Å²) in [5, 5.41) is 16.9. The first-order valence-corrected chi connectivity index (χ1v) is 12.6. The normalized spacial score (nSPS) is 12.8. The Hall–Kier alpha value is -3.89. The first-order chi connectivity index (χ1) is 17.4. The molecular weight excluding hydrogens is 482 g/mol. The van der Waals surface area contributed by atoms with Gasteiger partial charge >= 0.3 is 12.0 Å². The smallest absolute Gasteiger partial charge is 0.327 e. The van der Waals surface area contributed by atoms with Gasteiger partial charge < -0.3 is 20.2 Å². The predicted octanol–water partition coefficient (Wildman–Crippen LogP) is 4.65. The van der Waals surface area contributed by atoms with Gasteiger partial charge in [-0.05, 0) is 49.1 Å². The zero-order valence-electron chi connectivity index (χ0n) is 19.4. The lowest BCUT2D eigenvalue weighted by Crippen LogP contribution is -2.42. The molecule has 4 N–H and O–H groups in total. The van der Waals surface area contributed by atoms with Crippen molar-refractivity contribution in [3.05, 3.63) is 78.4 Å². The van der Waals surface area contributed by atoms with Crippen LogP contribution < -0.4 is 14.9 Å². The number of hydrogen-bond donors (Lipinski definition) is 4. The molecule has 9 nitrogen and oxygen atoms in total. The van der Waals surface area contributed by atoms with E-state index in [0.29, 0.717) is 42.8 Å². The van der Waals surface area contributed by atoms with Gasteiger partial charge in [0.05, 0.1) is 5.69 Å². The third-order valence-corrected chi connectivity index (χ3v) is 6.64. The molecule has 0 spiro atoms. The number of carboxylic acid groups (broad SMARTS) is 1. The summed E-state index contributed by atoms with van der Waals surface area (Å²) in [6, 6.07) is 20.3. The molecule has 1 heterocycles. The Morgan fingerprint density at radius 1 is 0.917 bits per heavy atom. The van der Waals surface area contributed by atoms with Gasteiger partial charge in [-0.1, -0.05) is 48.5 Å². The van der Waals surface area contributed by atoms with Crippen molar-refractivity contribution >= 4 is 50.9 Å². The van der Waals surface area contributed by atoms with Crippen LogP contribution in [0.4, 0.5) is 10.5 Å². The van der Waals surface area contributed by atoms with Gasteiger partial charge in [-0.2, -0.15) is 0 Å². The summed E-state index contributed by atoms with van der Waals surface area (Å²) in [5.41, 5.74) is 2.57. The van der Waals surface area contributed by atoms with Gasteiger partial charge in [0.2, 0.25) is 0 Å². The first-order valence-electron chi connectivity index (χ1n) is 11.5. The second-order valence-electron chi connectivity index (χ2n) is 8.28. The lowest BCUT2D eigenvalue weighted by Gasteiger charge is -2.27. The molecule has 36 heavy (non-hydrogen) atoms. The van der Waals surface area contributed by atoms with Crippen molar-refractivity contribution in [2.45, 2.75) is 31.8 Å². The van der Waals surface area contributed by atoms with Crippen LogP contribution in [0.25, 0.3) is 21.9 Å². The molecule has 2 atom stereocenters. The van der Waals surface area contributed by atoms with Crippen molar-refractivity contribution in [3.8, 4) is 0 Å². The second kappa shape index (κ2) is 11.7. The quantitative estimate of drug-likeness (QED) is 0.172. The summed E-state index contributed by atoms with van der Waals surface area (Å²) in [6.45, 7) is 0.753. The molecule has 4 aromatic rings. The molecule has 2 amide bonds. The Balaban J connectivity index is 1.36. The number of urea groups is 1. The van der Waals surface area contributed by atoms with E-state index in [2.05, 4.69) is 10.6 Å². The van der Waals surface area contributed by atoms with Crippen molar-refractivity contribution in [2.24, 2.45) is 0 Å². The van der Waals surface area contributed by atoms with E-state index in [1.165, 1.54) is 0 Å². The van der Waals surface area contributed by atoms with Crippen LogP contribution in [-0.4, -0.2) is 38.5 Å². The first kappa shape index (κ1) is 25.2. The van der Waals surface area contributed by atoms with E-state index in [9.17, 15) is 23.5 Å². The lowest BCUT2D eigenvalue weighted by molar-refractivity contribution is -0.138. The molecular formula is C26H27N3O6S. The fourth-order valence-electron chi connectivity index (χ4n) is 4.08. The van der Waals surface area contributed by atoms with E-state index in [1.54, 1.807) is 18.2 Å². The van der Waals surface area contributed by atoms with E-state index >= 15 is 0 Å².